The number of aryl methyl sites for hydroxylation is 1. The molecular formula is C18H23ClN4O2S. The summed E-state index contributed by atoms with van der Waals surface area (Å²) < 4.78 is 1.23. The van der Waals surface area contributed by atoms with Gasteiger partial charge >= 0.3 is 0 Å². The van der Waals surface area contributed by atoms with Crippen molar-refractivity contribution in [3.8, 4) is 0 Å². The summed E-state index contributed by atoms with van der Waals surface area (Å²) in [5.41, 5.74) is 1.55. The number of amides is 1. The largest absolute Gasteiger partial charge is 0.329 e. The Kier molecular flexibility index (Phi) is 5.50. The van der Waals surface area contributed by atoms with E-state index in [2.05, 4.69) is 21.9 Å². The smallest absolute Gasteiger partial charge is 0.274 e. The highest BCUT2D eigenvalue weighted by Crippen LogP contribution is 2.56. The Morgan fingerprint density at radius 1 is 1.38 bits per heavy atom. The van der Waals surface area contributed by atoms with Crippen LogP contribution in [0.1, 0.15) is 35.3 Å². The summed E-state index contributed by atoms with van der Waals surface area (Å²) in [6, 6.07) is 5.29. The number of aromatic nitrogens is 2. The Bertz CT molecular complexity index is 830. The van der Waals surface area contributed by atoms with Crippen molar-refractivity contribution in [2.24, 2.45) is 12.5 Å². The molecule has 1 aliphatic heterocycles. The standard InChI is InChI=1S/C18H22N4O2S.ClH/c1-21-16(23)3-2-14(20-21)17(24)22(11-13-4-9-25-12-13)15-10-18(15)5-7-19-8-6-18;/h2-4,9,12,15,19H,5-8,10-11H2,1H3;1H. The fourth-order valence-corrected chi connectivity index (χ4v) is 4.56. The number of nitrogens with zero attached hydrogens (tertiary/aromatic N) is 3. The molecule has 1 amide bonds. The SMILES string of the molecule is Cl.Cn1nc(C(=O)N(Cc2ccsc2)C2CC23CCNCC3)ccc1=O. The Labute approximate surface area is 162 Å². The second kappa shape index (κ2) is 7.50. The van der Waals surface area contributed by atoms with E-state index in [4.69, 9.17) is 0 Å². The van der Waals surface area contributed by atoms with Gasteiger partial charge in [0, 0.05) is 25.7 Å². The van der Waals surface area contributed by atoms with Gasteiger partial charge in [-0.05, 0) is 66.2 Å². The van der Waals surface area contributed by atoms with Crippen LogP contribution in [0.25, 0.3) is 0 Å². The molecule has 0 aromatic carbocycles. The molecule has 1 atom stereocenters. The number of thiophene rings is 1. The minimum atomic E-state index is -0.206. The van der Waals surface area contributed by atoms with E-state index in [0.717, 1.165) is 37.9 Å². The molecule has 8 heteroatoms. The summed E-state index contributed by atoms with van der Waals surface area (Å²) in [5.74, 6) is -0.0813. The summed E-state index contributed by atoms with van der Waals surface area (Å²) in [7, 11) is 1.58. The van der Waals surface area contributed by atoms with Gasteiger partial charge in [-0.25, -0.2) is 4.68 Å². The first kappa shape index (κ1) is 19.1. The number of halogens is 1. The molecule has 1 N–H and O–H groups in total. The Hall–Kier alpha value is -1.70. The molecular weight excluding hydrogens is 372 g/mol. The first-order chi connectivity index (χ1) is 12.1. The predicted molar refractivity (Wildman–Crippen MR) is 104 cm³/mol. The average molecular weight is 395 g/mol. The third-order valence-corrected chi connectivity index (χ3v) is 6.23. The van der Waals surface area contributed by atoms with Crippen LogP contribution in [0.5, 0.6) is 0 Å². The van der Waals surface area contributed by atoms with Crippen molar-refractivity contribution in [2.75, 3.05) is 13.1 Å². The maximum Gasteiger partial charge on any atom is 0.274 e. The molecule has 1 spiro atoms. The van der Waals surface area contributed by atoms with Crippen LogP contribution in [0.2, 0.25) is 0 Å². The van der Waals surface area contributed by atoms with Crippen molar-refractivity contribution >= 4 is 29.7 Å². The zero-order chi connectivity index (χ0) is 17.4. The van der Waals surface area contributed by atoms with E-state index in [0.29, 0.717) is 12.2 Å². The molecule has 0 bridgehead atoms. The minimum Gasteiger partial charge on any atom is -0.329 e. The lowest BCUT2D eigenvalue weighted by Gasteiger charge is -2.29. The monoisotopic (exact) mass is 394 g/mol. The van der Waals surface area contributed by atoms with Crippen LogP contribution in [0.4, 0.5) is 0 Å². The topological polar surface area (TPSA) is 67.2 Å². The molecule has 1 saturated carbocycles. The fraction of sp³-hybridized carbons (Fsp3) is 0.500. The number of piperidine rings is 1. The van der Waals surface area contributed by atoms with Crippen LogP contribution in [0.3, 0.4) is 0 Å². The molecule has 26 heavy (non-hydrogen) atoms. The van der Waals surface area contributed by atoms with Gasteiger partial charge in [-0.3, -0.25) is 9.59 Å². The van der Waals surface area contributed by atoms with Gasteiger partial charge in [0.2, 0.25) is 0 Å². The Morgan fingerprint density at radius 3 is 2.81 bits per heavy atom. The molecule has 4 rings (SSSR count). The van der Waals surface area contributed by atoms with E-state index >= 15 is 0 Å². The average Bonchev–Trinajstić information content (AvgIpc) is 3.06. The molecule has 2 aromatic rings. The number of carbonyl (C=O) groups is 1. The third-order valence-electron chi connectivity index (χ3n) is 5.50. The van der Waals surface area contributed by atoms with Gasteiger partial charge in [0.25, 0.3) is 11.5 Å². The van der Waals surface area contributed by atoms with Crippen molar-refractivity contribution in [3.63, 3.8) is 0 Å². The molecule has 2 aromatic heterocycles. The lowest BCUT2D eigenvalue weighted by Crippen LogP contribution is -2.40. The molecule has 3 heterocycles. The normalized spacial score (nSPS) is 20.4. The van der Waals surface area contributed by atoms with E-state index in [-0.39, 0.29) is 35.3 Å². The third kappa shape index (κ3) is 3.56. The predicted octanol–water partition coefficient (Wildman–Crippen LogP) is 2.05. The molecule has 1 aliphatic carbocycles. The van der Waals surface area contributed by atoms with Gasteiger partial charge in [0.15, 0.2) is 0 Å². The quantitative estimate of drug-likeness (QED) is 0.861. The maximum atomic E-state index is 13.2. The highest BCUT2D eigenvalue weighted by molar-refractivity contribution is 7.07. The highest BCUT2D eigenvalue weighted by Gasteiger charge is 2.57. The minimum absolute atomic E-state index is 0. The first-order valence-corrected chi connectivity index (χ1v) is 9.60. The summed E-state index contributed by atoms with van der Waals surface area (Å²) >= 11 is 1.64. The molecule has 140 valence electrons. The zero-order valence-corrected chi connectivity index (χ0v) is 16.3. The zero-order valence-electron chi connectivity index (χ0n) is 14.7. The van der Waals surface area contributed by atoms with E-state index in [1.165, 1.54) is 10.7 Å². The van der Waals surface area contributed by atoms with Crippen molar-refractivity contribution in [2.45, 2.75) is 31.8 Å². The number of carbonyl (C=O) groups excluding carboxylic acids is 1. The van der Waals surface area contributed by atoms with Gasteiger partial charge in [-0.15, -0.1) is 12.4 Å². The number of rotatable bonds is 4. The highest BCUT2D eigenvalue weighted by atomic mass is 35.5. The van der Waals surface area contributed by atoms with Crippen molar-refractivity contribution < 1.29 is 4.79 Å². The van der Waals surface area contributed by atoms with Gasteiger partial charge in [-0.1, -0.05) is 0 Å². The van der Waals surface area contributed by atoms with Gasteiger partial charge in [0.05, 0.1) is 0 Å². The summed E-state index contributed by atoms with van der Waals surface area (Å²) in [6.45, 7) is 2.65. The summed E-state index contributed by atoms with van der Waals surface area (Å²) in [4.78, 5) is 26.7. The summed E-state index contributed by atoms with van der Waals surface area (Å²) in [5, 5.41) is 11.7. The lowest BCUT2D eigenvalue weighted by atomic mass is 9.93. The van der Waals surface area contributed by atoms with E-state index in [1.54, 1.807) is 24.5 Å². The maximum absolute atomic E-state index is 13.2. The molecule has 0 radical (unpaired) electrons. The molecule has 2 aliphatic rings. The summed E-state index contributed by atoms with van der Waals surface area (Å²) in [6.07, 6.45) is 3.30. The number of hydrogen-bond donors (Lipinski definition) is 1. The van der Waals surface area contributed by atoms with Crippen molar-refractivity contribution in [1.82, 2.24) is 20.0 Å². The van der Waals surface area contributed by atoms with Gasteiger partial charge < -0.3 is 10.2 Å². The van der Waals surface area contributed by atoms with Gasteiger partial charge in [0.1, 0.15) is 5.69 Å². The Morgan fingerprint density at radius 2 is 2.15 bits per heavy atom. The number of nitrogens with one attached hydrogen (secondary N) is 1. The second-order valence-electron chi connectivity index (χ2n) is 7.08. The molecule has 2 fully saturated rings. The Balaban J connectivity index is 0.00000196. The molecule has 1 unspecified atom stereocenters. The van der Waals surface area contributed by atoms with Crippen LogP contribution in [-0.4, -0.2) is 39.7 Å². The van der Waals surface area contributed by atoms with Crippen LogP contribution >= 0.6 is 23.7 Å². The van der Waals surface area contributed by atoms with Crippen LogP contribution in [-0.2, 0) is 13.6 Å². The van der Waals surface area contributed by atoms with Crippen LogP contribution < -0.4 is 10.9 Å². The lowest BCUT2D eigenvalue weighted by molar-refractivity contribution is 0.0683. The molecule has 6 nitrogen and oxygen atoms in total. The van der Waals surface area contributed by atoms with Crippen molar-refractivity contribution in [1.29, 1.82) is 0 Å². The van der Waals surface area contributed by atoms with E-state index < -0.39 is 0 Å². The van der Waals surface area contributed by atoms with Crippen LogP contribution in [0.15, 0.2) is 33.8 Å². The van der Waals surface area contributed by atoms with E-state index in [1.807, 2.05) is 10.3 Å². The van der Waals surface area contributed by atoms with Crippen molar-refractivity contribution in [3.05, 3.63) is 50.6 Å². The fourth-order valence-electron chi connectivity index (χ4n) is 3.90. The molecule has 1 saturated heterocycles. The van der Waals surface area contributed by atoms with Crippen LogP contribution in [0, 0.1) is 5.41 Å². The van der Waals surface area contributed by atoms with E-state index in [9.17, 15) is 9.59 Å². The second-order valence-corrected chi connectivity index (χ2v) is 7.86. The van der Waals surface area contributed by atoms with Gasteiger partial charge in [-0.2, -0.15) is 16.4 Å². The first-order valence-electron chi connectivity index (χ1n) is 8.66. The number of hydrogen-bond acceptors (Lipinski definition) is 5.